The number of benzene rings is 2. The van der Waals surface area contributed by atoms with Gasteiger partial charge in [-0.3, -0.25) is 9.59 Å². The normalized spacial score (nSPS) is 11.1. The Morgan fingerprint density at radius 2 is 1.64 bits per heavy atom. The molecule has 2 aromatic carbocycles. The zero-order chi connectivity index (χ0) is 25.8. The Balaban J connectivity index is 1.70. The topological polar surface area (TPSA) is 45.6 Å². The van der Waals surface area contributed by atoms with Crippen LogP contribution in [0.2, 0.25) is 0 Å². The summed E-state index contributed by atoms with van der Waals surface area (Å²) in [5.74, 6) is -0.155. The van der Waals surface area contributed by atoms with Gasteiger partial charge < -0.3 is 14.4 Å². The van der Waals surface area contributed by atoms with Crippen LogP contribution in [0.25, 0.3) is 6.08 Å². The third kappa shape index (κ3) is 8.52. The highest BCUT2D eigenvalue weighted by atomic mass is 79.9. The van der Waals surface area contributed by atoms with Crippen LogP contribution >= 0.6 is 15.9 Å². The Morgan fingerprint density at radius 3 is 2.33 bits per heavy atom. The summed E-state index contributed by atoms with van der Waals surface area (Å²) in [5, 5.41) is 0. The molecule has 2 amide bonds. The minimum atomic E-state index is -0.136. The van der Waals surface area contributed by atoms with E-state index in [-0.39, 0.29) is 18.4 Å². The van der Waals surface area contributed by atoms with Gasteiger partial charge in [-0.25, -0.2) is 0 Å². The second-order valence-corrected chi connectivity index (χ2v) is 9.84. The van der Waals surface area contributed by atoms with E-state index in [4.69, 9.17) is 0 Å². The number of hydrogen-bond acceptors (Lipinski definition) is 2. The molecule has 0 radical (unpaired) electrons. The molecule has 0 bridgehead atoms. The van der Waals surface area contributed by atoms with Crippen molar-refractivity contribution in [1.82, 2.24) is 14.4 Å². The first-order chi connectivity index (χ1) is 17.5. The molecule has 0 aliphatic heterocycles. The number of unbranched alkanes of at least 4 members (excludes halogenated alkanes) is 1. The molecule has 3 rings (SSSR count). The third-order valence-corrected chi connectivity index (χ3v) is 6.55. The summed E-state index contributed by atoms with van der Waals surface area (Å²) < 4.78 is 3.24. The lowest BCUT2D eigenvalue weighted by Gasteiger charge is -2.27. The lowest BCUT2D eigenvalue weighted by molar-refractivity contribution is -0.138. The zero-order valence-electron chi connectivity index (χ0n) is 21.3. The highest BCUT2D eigenvalue weighted by Gasteiger charge is 2.20. The number of carbonyl (C=O) groups excluding carboxylic acids is 2. The SMILES string of the molecule is CCCCN(Cc1cccn1Cc1ccc(Br)cc1)C(=O)CN(CCC)C(=O)C=Cc1ccccc1. The van der Waals surface area contributed by atoms with Crippen molar-refractivity contribution in [2.45, 2.75) is 46.2 Å². The molecule has 5 nitrogen and oxygen atoms in total. The molecule has 3 aromatic rings. The largest absolute Gasteiger partial charge is 0.345 e. The third-order valence-electron chi connectivity index (χ3n) is 6.03. The van der Waals surface area contributed by atoms with Crippen LogP contribution in [0, 0.1) is 0 Å². The number of nitrogens with zero attached hydrogens (tertiary/aromatic N) is 3. The minimum Gasteiger partial charge on any atom is -0.345 e. The molecule has 36 heavy (non-hydrogen) atoms. The fraction of sp³-hybridized carbons (Fsp3) is 0.333. The average Bonchev–Trinajstić information content (AvgIpc) is 3.33. The molecule has 0 fully saturated rings. The maximum atomic E-state index is 13.4. The van der Waals surface area contributed by atoms with E-state index < -0.39 is 0 Å². The molecule has 0 atom stereocenters. The van der Waals surface area contributed by atoms with Crippen molar-refractivity contribution in [2.75, 3.05) is 19.6 Å². The van der Waals surface area contributed by atoms with Crippen LogP contribution in [-0.4, -0.2) is 45.8 Å². The Kier molecular flexibility index (Phi) is 11.0. The van der Waals surface area contributed by atoms with Gasteiger partial charge in [-0.15, -0.1) is 0 Å². The van der Waals surface area contributed by atoms with Gasteiger partial charge in [0, 0.05) is 42.1 Å². The van der Waals surface area contributed by atoms with E-state index in [1.54, 1.807) is 17.1 Å². The molecule has 0 aliphatic rings. The molecule has 0 N–H and O–H groups in total. The Hall–Kier alpha value is -3.12. The first-order valence-corrected chi connectivity index (χ1v) is 13.5. The smallest absolute Gasteiger partial charge is 0.247 e. The van der Waals surface area contributed by atoms with Crippen molar-refractivity contribution in [3.8, 4) is 0 Å². The summed E-state index contributed by atoms with van der Waals surface area (Å²) in [7, 11) is 0. The molecule has 0 aliphatic carbocycles. The summed E-state index contributed by atoms with van der Waals surface area (Å²) in [5.41, 5.74) is 3.25. The van der Waals surface area contributed by atoms with Gasteiger partial charge >= 0.3 is 0 Å². The van der Waals surface area contributed by atoms with Crippen molar-refractivity contribution in [1.29, 1.82) is 0 Å². The Labute approximate surface area is 223 Å². The number of rotatable bonds is 13. The highest BCUT2D eigenvalue weighted by molar-refractivity contribution is 9.10. The number of aromatic nitrogens is 1. The van der Waals surface area contributed by atoms with Gasteiger partial charge in [0.05, 0.1) is 6.54 Å². The molecule has 190 valence electrons. The molecular weight excluding hydrogens is 514 g/mol. The van der Waals surface area contributed by atoms with E-state index >= 15 is 0 Å². The summed E-state index contributed by atoms with van der Waals surface area (Å²) in [6, 6.07) is 22.1. The van der Waals surface area contributed by atoms with E-state index in [1.165, 1.54) is 5.56 Å². The second kappa shape index (κ2) is 14.4. The van der Waals surface area contributed by atoms with Crippen LogP contribution in [0.4, 0.5) is 0 Å². The van der Waals surface area contributed by atoms with Crippen LogP contribution in [0.15, 0.2) is 83.5 Å². The van der Waals surface area contributed by atoms with Gasteiger partial charge in [0.25, 0.3) is 0 Å². The summed E-state index contributed by atoms with van der Waals surface area (Å²) in [6.07, 6.45) is 8.15. The molecule has 6 heteroatoms. The molecule has 0 spiro atoms. The van der Waals surface area contributed by atoms with E-state index in [2.05, 4.69) is 51.8 Å². The van der Waals surface area contributed by atoms with Crippen molar-refractivity contribution >= 4 is 33.8 Å². The maximum absolute atomic E-state index is 13.4. The second-order valence-electron chi connectivity index (χ2n) is 8.93. The van der Waals surface area contributed by atoms with Gasteiger partial charge in [0.15, 0.2) is 0 Å². The summed E-state index contributed by atoms with van der Waals surface area (Å²) >= 11 is 3.49. The molecule has 0 saturated heterocycles. The highest BCUT2D eigenvalue weighted by Crippen LogP contribution is 2.15. The zero-order valence-corrected chi connectivity index (χ0v) is 22.9. The van der Waals surface area contributed by atoms with Gasteiger partial charge in [0.2, 0.25) is 11.8 Å². The number of amides is 2. The van der Waals surface area contributed by atoms with Gasteiger partial charge in [-0.05, 0) is 54.3 Å². The van der Waals surface area contributed by atoms with Crippen LogP contribution in [0.3, 0.4) is 0 Å². The predicted molar refractivity (Wildman–Crippen MR) is 150 cm³/mol. The van der Waals surface area contributed by atoms with Crippen LogP contribution in [-0.2, 0) is 22.7 Å². The Morgan fingerprint density at radius 1 is 0.889 bits per heavy atom. The Bertz CT molecular complexity index is 1120. The minimum absolute atomic E-state index is 0.0187. The van der Waals surface area contributed by atoms with Gasteiger partial charge in [0.1, 0.15) is 6.54 Å². The standard InChI is InChI=1S/C30H36BrN3O2/c1-3-5-20-34(23-28-12-9-21-32(28)22-26-13-16-27(31)17-14-26)30(36)24-33(19-4-2)29(35)18-15-25-10-7-6-8-11-25/h6-18,21H,3-5,19-20,22-24H2,1-2H3. The molecule has 0 unspecified atom stereocenters. The van der Waals surface area contributed by atoms with Gasteiger partial charge in [-0.1, -0.05) is 78.7 Å². The van der Waals surface area contributed by atoms with Crippen molar-refractivity contribution in [3.63, 3.8) is 0 Å². The van der Waals surface area contributed by atoms with E-state index in [9.17, 15) is 9.59 Å². The van der Waals surface area contributed by atoms with E-state index in [1.807, 2.05) is 60.4 Å². The number of carbonyl (C=O) groups is 2. The van der Waals surface area contributed by atoms with Crippen molar-refractivity contribution in [2.24, 2.45) is 0 Å². The van der Waals surface area contributed by atoms with E-state index in [0.717, 1.165) is 41.5 Å². The van der Waals surface area contributed by atoms with Gasteiger partial charge in [-0.2, -0.15) is 0 Å². The first-order valence-electron chi connectivity index (χ1n) is 12.7. The maximum Gasteiger partial charge on any atom is 0.247 e. The predicted octanol–water partition coefficient (Wildman–Crippen LogP) is 6.38. The lowest BCUT2D eigenvalue weighted by Crippen LogP contribution is -2.43. The fourth-order valence-electron chi connectivity index (χ4n) is 4.01. The molecule has 0 saturated carbocycles. The monoisotopic (exact) mass is 549 g/mol. The molecule has 1 heterocycles. The van der Waals surface area contributed by atoms with Crippen LogP contribution in [0.5, 0.6) is 0 Å². The average molecular weight is 551 g/mol. The summed E-state index contributed by atoms with van der Waals surface area (Å²) in [4.78, 5) is 29.9. The molecular formula is C30H36BrN3O2. The number of halogens is 1. The first kappa shape index (κ1) is 27.5. The van der Waals surface area contributed by atoms with Crippen molar-refractivity contribution < 1.29 is 9.59 Å². The quantitative estimate of drug-likeness (QED) is 0.232. The van der Waals surface area contributed by atoms with Crippen LogP contribution in [0.1, 0.15) is 49.9 Å². The fourth-order valence-corrected chi connectivity index (χ4v) is 4.27. The number of hydrogen-bond donors (Lipinski definition) is 0. The lowest BCUT2D eigenvalue weighted by atomic mass is 10.2. The summed E-state index contributed by atoms with van der Waals surface area (Å²) in [6.45, 7) is 6.73. The van der Waals surface area contributed by atoms with Crippen molar-refractivity contribution in [3.05, 3.63) is 100 Å². The van der Waals surface area contributed by atoms with E-state index in [0.29, 0.717) is 19.6 Å². The van der Waals surface area contributed by atoms with Crippen LogP contribution < -0.4 is 0 Å². The molecule has 1 aromatic heterocycles.